The lowest BCUT2D eigenvalue weighted by molar-refractivity contribution is -0.385. The zero-order chi connectivity index (χ0) is 24.9. The summed E-state index contributed by atoms with van der Waals surface area (Å²) in [5.41, 5.74) is 3.31. The molecule has 0 atom stereocenters. The second-order valence-electron chi connectivity index (χ2n) is 9.33. The van der Waals surface area contributed by atoms with Crippen LogP contribution in [0.15, 0.2) is 54.6 Å². The van der Waals surface area contributed by atoms with Gasteiger partial charge in [-0.15, -0.1) is 0 Å². The minimum Gasteiger partial charge on any atom is -0.353 e. The van der Waals surface area contributed by atoms with E-state index in [2.05, 4.69) is 18.7 Å². The van der Waals surface area contributed by atoms with Crippen molar-refractivity contribution in [2.24, 2.45) is 5.92 Å². The Morgan fingerprint density at radius 2 is 1.66 bits per heavy atom. The fraction of sp³-hybridized carbons (Fsp3) is 0.370. The van der Waals surface area contributed by atoms with E-state index in [1.807, 2.05) is 48.2 Å². The van der Waals surface area contributed by atoms with Crippen LogP contribution in [0, 0.1) is 23.0 Å². The number of para-hydroxylation sites is 1. The van der Waals surface area contributed by atoms with Gasteiger partial charge in [-0.25, -0.2) is 9.97 Å². The van der Waals surface area contributed by atoms with E-state index in [9.17, 15) is 14.9 Å². The van der Waals surface area contributed by atoms with Gasteiger partial charge in [-0.2, -0.15) is 0 Å². The molecule has 8 nitrogen and oxygen atoms in total. The topological polar surface area (TPSA) is 92.5 Å². The molecule has 0 radical (unpaired) electrons. The van der Waals surface area contributed by atoms with Gasteiger partial charge in [0.15, 0.2) is 5.82 Å². The average molecular weight is 474 g/mol. The van der Waals surface area contributed by atoms with Gasteiger partial charge in [0.05, 0.1) is 4.92 Å². The molecule has 3 aromatic rings. The molecular weight excluding hydrogens is 442 g/mol. The third kappa shape index (κ3) is 5.65. The van der Waals surface area contributed by atoms with Crippen molar-refractivity contribution < 1.29 is 9.72 Å². The summed E-state index contributed by atoms with van der Waals surface area (Å²) in [5.74, 6) is 1.92. The van der Waals surface area contributed by atoms with E-state index in [4.69, 9.17) is 9.97 Å². The van der Waals surface area contributed by atoms with Crippen LogP contribution in [0.1, 0.15) is 37.1 Å². The number of amides is 1. The van der Waals surface area contributed by atoms with Crippen LogP contribution in [0.25, 0.3) is 11.4 Å². The average Bonchev–Trinajstić information content (AvgIpc) is 2.85. The molecule has 182 valence electrons. The molecule has 2 aromatic carbocycles. The zero-order valence-electron chi connectivity index (χ0n) is 20.5. The van der Waals surface area contributed by atoms with Gasteiger partial charge in [0, 0.05) is 67.5 Å². The number of anilines is 1. The van der Waals surface area contributed by atoms with Crippen molar-refractivity contribution in [3.05, 3.63) is 81.5 Å². The highest BCUT2D eigenvalue weighted by atomic mass is 16.6. The van der Waals surface area contributed by atoms with Gasteiger partial charge in [0.2, 0.25) is 5.91 Å². The molecule has 35 heavy (non-hydrogen) atoms. The van der Waals surface area contributed by atoms with Crippen LogP contribution in [0.5, 0.6) is 0 Å². The second kappa shape index (κ2) is 10.6. The lowest BCUT2D eigenvalue weighted by Crippen LogP contribution is -2.49. The first kappa shape index (κ1) is 24.3. The molecule has 0 N–H and O–H groups in total. The van der Waals surface area contributed by atoms with Gasteiger partial charge in [0.1, 0.15) is 5.82 Å². The van der Waals surface area contributed by atoms with E-state index in [0.29, 0.717) is 56.3 Å². The number of hydrogen-bond acceptors (Lipinski definition) is 6. The standard InChI is InChI=1S/C27H31N5O3/c1-19(2)17-25(33)30-13-15-31(16-14-30)27-23(18-22-11-7-8-12-24(22)32(34)35)20(3)28-26(29-27)21-9-5-4-6-10-21/h4-12,19H,13-18H2,1-3H3. The van der Waals surface area contributed by atoms with E-state index in [1.54, 1.807) is 12.1 Å². The third-order valence-electron chi connectivity index (χ3n) is 6.29. The van der Waals surface area contributed by atoms with Crippen LogP contribution in [0.3, 0.4) is 0 Å². The number of rotatable bonds is 7. The number of benzene rings is 2. The highest BCUT2D eigenvalue weighted by Gasteiger charge is 2.26. The lowest BCUT2D eigenvalue weighted by Gasteiger charge is -2.37. The molecule has 0 bridgehead atoms. The maximum absolute atomic E-state index is 12.6. The van der Waals surface area contributed by atoms with Crippen LogP contribution >= 0.6 is 0 Å². The monoisotopic (exact) mass is 473 g/mol. The fourth-order valence-electron chi connectivity index (χ4n) is 4.44. The number of piperazine rings is 1. The summed E-state index contributed by atoms with van der Waals surface area (Å²) in [6, 6.07) is 16.6. The SMILES string of the molecule is Cc1nc(-c2ccccc2)nc(N2CCN(C(=O)CC(C)C)CC2)c1Cc1ccccc1[N+](=O)[O-]. The van der Waals surface area contributed by atoms with Crippen molar-refractivity contribution in [3.63, 3.8) is 0 Å². The molecule has 1 aromatic heterocycles. The molecule has 4 rings (SSSR count). The summed E-state index contributed by atoms with van der Waals surface area (Å²) >= 11 is 0. The van der Waals surface area contributed by atoms with Crippen molar-refractivity contribution in [1.29, 1.82) is 0 Å². The number of nitro benzene ring substituents is 1. The van der Waals surface area contributed by atoms with Crippen LogP contribution in [-0.4, -0.2) is 51.9 Å². The quantitative estimate of drug-likeness (QED) is 0.366. The Morgan fingerprint density at radius 1 is 1.00 bits per heavy atom. The molecule has 0 saturated carbocycles. The summed E-state index contributed by atoms with van der Waals surface area (Å²) < 4.78 is 0. The zero-order valence-corrected chi connectivity index (χ0v) is 20.5. The van der Waals surface area contributed by atoms with E-state index >= 15 is 0 Å². The Kier molecular flexibility index (Phi) is 7.39. The normalized spacial score (nSPS) is 13.8. The first-order valence-electron chi connectivity index (χ1n) is 12.0. The molecule has 1 amide bonds. The van der Waals surface area contributed by atoms with Crippen molar-refractivity contribution in [1.82, 2.24) is 14.9 Å². The maximum atomic E-state index is 12.6. The van der Waals surface area contributed by atoms with Crippen LogP contribution in [0.4, 0.5) is 11.5 Å². The Balaban J connectivity index is 1.69. The predicted molar refractivity (Wildman–Crippen MR) is 136 cm³/mol. The third-order valence-corrected chi connectivity index (χ3v) is 6.29. The van der Waals surface area contributed by atoms with Gasteiger partial charge in [0.25, 0.3) is 5.69 Å². The highest BCUT2D eigenvalue weighted by molar-refractivity contribution is 5.76. The summed E-state index contributed by atoms with van der Waals surface area (Å²) in [6.07, 6.45) is 0.910. The van der Waals surface area contributed by atoms with E-state index < -0.39 is 0 Å². The van der Waals surface area contributed by atoms with Crippen molar-refractivity contribution in [2.45, 2.75) is 33.6 Å². The van der Waals surface area contributed by atoms with E-state index in [0.717, 1.165) is 22.6 Å². The van der Waals surface area contributed by atoms with Crippen LogP contribution < -0.4 is 4.90 Å². The lowest BCUT2D eigenvalue weighted by atomic mass is 10.0. The molecule has 1 saturated heterocycles. The number of hydrogen-bond donors (Lipinski definition) is 0. The number of nitrogens with zero attached hydrogens (tertiary/aromatic N) is 5. The summed E-state index contributed by atoms with van der Waals surface area (Å²) in [5, 5.41) is 11.6. The number of carbonyl (C=O) groups excluding carboxylic acids is 1. The maximum Gasteiger partial charge on any atom is 0.272 e. The van der Waals surface area contributed by atoms with Gasteiger partial charge in [-0.05, 0) is 12.8 Å². The summed E-state index contributed by atoms with van der Waals surface area (Å²) in [6.45, 7) is 8.59. The molecule has 0 aliphatic carbocycles. The predicted octanol–water partition coefficient (Wildman–Crippen LogP) is 4.65. The Morgan fingerprint density at radius 3 is 2.31 bits per heavy atom. The smallest absolute Gasteiger partial charge is 0.272 e. The summed E-state index contributed by atoms with van der Waals surface area (Å²) in [4.78, 5) is 37.7. The Hall–Kier alpha value is -3.81. The van der Waals surface area contributed by atoms with E-state index in [-0.39, 0.29) is 16.5 Å². The molecule has 1 aliphatic heterocycles. The van der Waals surface area contributed by atoms with Gasteiger partial charge < -0.3 is 9.80 Å². The Bertz CT molecular complexity index is 1200. The minimum absolute atomic E-state index is 0.0917. The molecular formula is C27H31N5O3. The van der Waals surface area contributed by atoms with E-state index in [1.165, 1.54) is 6.07 Å². The number of nitro groups is 1. The first-order chi connectivity index (χ1) is 16.8. The fourth-order valence-corrected chi connectivity index (χ4v) is 4.44. The number of carbonyl (C=O) groups is 1. The number of aryl methyl sites for hydroxylation is 1. The summed E-state index contributed by atoms with van der Waals surface area (Å²) in [7, 11) is 0. The van der Waals surface area contributed by atoms with Crippen molar-refractivity contribution in [2.75, 3.05) is 31.1 Å². The van der Waals surface area contributed by atoms with Crippen LogP contribution in [-0.2, 0) is 11.2 Å². The van der Waals surface area contributed by atoms with Crippen LogP contribution in [0.2, 0.25) is 0 Å². The molecule has 0 unspecified atom stereocenters. The second-order valence-corrected chi connectivity index (χ2v) is 9.33. The molecule has 1 fully saturated rings. The highest BCUT2D eigenvalue weighted by Crippen LogP contribution is 2.30. The molecule has 0 spiro atoms. The first-order valence-corrected chi connectivity index (χ1v) is 12.0. The van der Waals surface area contributed by atoms with Crippen molar-refractivity contribution in [3.8, 4) is 11.4 Å². The largest absolute Gasteiger partial charge is 0.353 e. The van der Waals surface area contributed by atoms with Gasteiger partial charge in [-0.1, -0.05) is 62.4 Å². The molecule has 2 heterocycles. The van der Waals surface area contributed by atoms with Crippen molar-refractivity contribution >= 4 is 17.4 Å². The Labute approximate surface area is 205 Å². The van der Waals surface area contributed by atoms with Gasteiger partial charge in [-0.3, -0.25) is 14.9 Å². The minimum atomic E-state index is -0.345. The molecule has 1 aliphatic rings. The molecule has 8 heteroatoms. The number of aromatic nitrogens is 2. The van der Waals surface area contributed by atoms with Gasteiger partial charge >= 0.3 is 0 Å².